The molecule has 2 aromatic rings. The molecule has 110 valence electrons. The highest BCUT2D eigenvalue weighted by Gasteiger charge is 2.44. The number of hydrogen-bond acceptors (Lipinski definition) is 4. The molecule has 0 saturated carbocycles. The Morgan fingerprint density at radius 1 is 1.38 bits per heavy atom. The third-order valence-electron chi connectivity index (χ3n) is 2.69. The Kier molecular flexibility index (Phi) is 3.05. The molecule has 1 aliphatic rings. The molecule has 21 heavy (non-hydrogen) atoms. The number of benzene rings is 1. The number of rotatable bonds is 1. The van der Waals surface area contributed by atoms with Gasteiger partial charge in [0, 0.05) is 18.0 Å². The Morgan fingerprint density at radius 3 is 2.86 bits per heavy atom. The van der Waals surface area contributed by atoms with Gasteiger partial charge in [-0.3, -0.25) is 9.36 Å². The Hall–Kier alpha value is -2.22. The predicted octanol–water partition coefficient (Wildman–Crippen LogP) is 2.62. The second-order valence-corrected chi connectivity index (χ2v) is 5.61. The molecule has 0 spiro atoms. The van der Waals surface area contributed by atoms with Crippen molar-refractivity contribution < 1.29 is 23.0 Å². The van der Waals surface area contributed by atoms with Gasteiger partial charge in [0.1, 0.15) is 0 Å². The van der Waals surface area contributed by atoms with Crippen molar-refractivity contribution in [2.45, 2.75) is 20.1 Å². The van der Waals surface area contributed by atoms with Gasteiger partial charge >= 0.3 is 6.29 Å². The van der Waals surface area contributed by atoms with Gasteiger partial charge in [0.05, 0.1) is 5.69 Å². The fraction of sp³-hybridized carbons (Fsp3) is 0.231. The average molecular weight is 312 g/mol. The lowest BCUT2D eigenvalue weighted by Crippen LogP contribution is -2.26. The Bertz CT molecular complexity index is 795. The van der Waals surface area contributed by atoms with Crippen LogP contribution in [0, 0.1) is 6.92 Å². The lowest BCUT2D eigenvalue weighted by atomic mass is 10.2. The van der Waals surface area contributed by atoms with Crippen molar-refractivity contribution in [3.63, 3.8) is 0 Å². The molecule has 2 heterocycles. The molecule has 5 nitrogen and oxygen atoms in total. The number of carbonyl (C=O) groups is 1. The monoisotopic (exact) mass is 312 g/mol. The topological polar surface area (TPSA) is 52.8 Å². The second-order valence-electron chi connectivity index (χ2n) is 4.40. The molecule has 0 aliphatic carbocycles. The number of ether oxygens (including phenoxy) is 2. The van der Waals surface area contributed by atoms with E-state index in [4.69, 9.17) is 0 Å². The molecule has 0 bridgehead atoms. The van der Waals surface area contributed by atoms with Gasteiger partial charge < -0.3 is 9.47 Å². The molecule has 8 heteroatoms. The van der Waals surface area contributed by atoms with Gasteiger partial charge in [-0.05, 0) is 19.1 Å². The summed E-state index contributed by atoms with van der Waals surface area (Å²) in [6, 6.07) is 4.55. The first-order valence-corrected chi connectivity index (χ1v) is 6.81. The van der Waals surface area contributed by atoms with E-state index in [0.717, 1.165) is 4.88 Å². The maximum Gasteiger partial charge on any atom is 0.586 e. The van der Waals surface area contributed by atoms with E-state index < -0.39 is 6.29 Å². The normalized spacial score (nSPS) is 16.3. The summed E-state index contributed by atoms with van der Waals surface area (Å²) in [5.74, 6) is -0.506. The van der Waals surface area contributed by atoms with Crippen molar-refractivity contribution in [2.24, 2.45) is 4.99 Å². The van der Waals surface area contributed by atoms with E-state index in [1.807, 2.05) is 6.92 Å². The molecule has 1 aromatic carbocycles. The quantitative estimate of drug-likeness (QED) is 0.813. The van der Waals surface area contributed by atoms with Gasteiger partial charge in [-0.25, -0.2) is 0 Å². The molecule has 1 amide bonds. The second kappa shape index (κ2) is 4.66. The van der Waals surface area contributed by atoms with Crippen molar-refractivity contribution in [3.05, 3.63) is 34.1 Å². The molecule has 0 radical (unpaired) electrons. The lowest BCUT2D eigenvalue weighted by molar-refractivity contribution is -0.286. The number of nitrogens with zero attached hydrogens (tertiary/aromatic N) is 2. The molecule has 1 aromatic heterocycles. The minimum atomic E-state index is -3.69. The number of aryl methyl sites for hydroxylation is 1. The van der Waals surface area contributed by atoms with E-state index in [-0.39, 0.29) is 17.4 Å². The summed E-state index contributed by atoms with van der Waals surface area (Å²) in [5, 5.41) is 0. The number of hydrogen-bond donors (Lipinski definition) is 0. The summed E-state index contributed by atoms with van der Waals surface area (Å²) in [6.07, 6.45) is -2.00. The van der Waals surface area contributed by atoms with Crippen molar-refractivity contribution in [2.75, 3.05) is 0 Å². The van der Waals surface area contributed by atoms with Gasteiger partial charge in [0.15, 0.2) is 16.3 Å². The van der Waals surface area contributed by atoms with Crippen LogP contribution >= 0.6 is 11.3 Å². The number of halogens is 2. The predicted molar refractivity (Wildman–Crippen MR) is 70.8 cm³/mol. The van der Waals surface area contributed by atoms with Gasteiger partial charge in [-0.15, -0.1) is 20.1 Å². The average Bonchev–Trinajstić information content (AvgIpc) is 2.86. The van der Waals surface area contributed by atoms with Crippen LogP contribution in [0.25, 0.3) is 5.69 Å². The van der Waals surface area contributed by atoms with Gasteiger partial charge in [0.25, 0.3) is 0 Å². The summed E-state index contributed by atoms with van der Waals surface area (Å²) in [7, 11) is 0. The van der Waals surface area contributed by atoms with Crippen LogP contribution in [0.3, 0.4) is 0 Å². The molecular weight excluding hydrogens is 302 g/mol. The van der Waals surface area contributed by atoms with Crippen LogP contribution in [-0.4, -0.2) is 16.8 Å². The number of carbonyl (C=O) groups excluding carboxylic acids is 1. The summed E-state index contributed by atoms with van der Waals surface area (Å²) in [5.41, 5.74) is 0.342. The molecule has 1 aliphatic heterocycles. The van der Waals surface area contributed by atoms with Crippen LogP contribution in [0.15, 0.2) is 29.4 Å². The molecule has 0 atom stereocenters. The van der Waals surface area contributed by atoms with E-state index in [1.165, 1.54) is 28.9 Å². The molecule has 0 saturated heterocycles. The summed E-state index contributed by atoms with van der Waals surface area (Å²) in [4.78, 5) is 16.3. The fourth-order valence-corrected chi connectivity index (χ4v) is 2.85. The number of para-hydroxylation sites is 1. The Labute approximate surface area is 122 Å². The van der Waals surface area contributed by atoms with Gasteiger partial charge in [-0.1, -0.05) is 6.07 Å². The number of fused-ring (bicyclic) bond motifs is 1. The minimum absolute atomic E-state index is 0.0531. The Balaban J connectivity index is 2.21. The van der Waals surface area contributed by atoms with Gasteiger partial charge in [-0.2, -0.15) is 4.99 Å². The zero-order valence-corrected chi connectivity index (χ0v) is 11.9. The van der Waals surface area contributed by atoms with Crippen LogP contribution in [0.1, 0.15) is 11.8 Å². The number of amides is 1. The maximum atomic E-state index is 13.2. The van der Waals surface area contributed by atoms with Crippen molar-refractivity contribution in [1.29, 1.82) is 0 Å². The highest BCUT2D eigenvalue weighted by molar-refractivity contribution is 7.09. The van der Waals surface area contributed by atoms with Crippen LogP contribution < -0.4 is 14.3 Å². The number of thiazole rings is 1. The van der Waals surface area contributed by atoms with E-state index in [9.17, 15) is 13.6 Å². The highest BCUT2D eigenvalue weighted by Crippen LogP contribution is 2.44. The van der Waals surface area contributed by atoms with E-state index in [1.54, 1.807) is 18.3 Å². The molecule has 0 fully saturated rings. The largest absolute Gasteiger partial charge is 0.586 e. The Morgan fingerprint density at radius 2 is 2.14 bits per heavy atom. The summed E-state index contributed by atoms with van der Waals surface area (Å²) < 4.78 is 36.9. The minimum Gasteiger partial charge on any atom is -0.395 e. The summed E-state index contributed by atoms with van der Waals surface area (Å²) >= 11 is 1.27. The number of alkyl halides is 2. The van der Waals surface area contributed by atoms with Crippen LogP contribution in [-0.2, 0) is 4.79 Å². The van der Waals surface area contributed by atoms with E-state index in [2.05, 4.69) is 14.5 Å². The summed E-state index contributed by atoms with van der Waals surface area (Å²) in [6.45, 7) is 3.15. The zero-order valence-electron chi connectivity index (χ0n) is 11.1. The first-order chi connectivity index (χ1) is 9.85. The molecule has 3 rings (SSSR count). The van der Waals surface area contributed by atoms with E-state index in [0.29, 0.717) is 10.5 Å². The van der Waals surface area contributed by atoms with Crippen molar-refractivity contribution in [1.82, 2.24) is 4.57 Å². The first kappa shape index (κ1) is 13.7. The van der Waals surface area contributed by atoms with Crippen molar-refractivity contribution in [3.8, 4) is 17.2 Å². The van der Waals surface area contributed by atoms with E-state index >= 15 is 0 Å². The highest BCUT2D eigenvalue weighted by atomic mass is 32.1. The lowest BCUT2D eigenvalue weighted by Gasteiger charge is -2.07. The fourth-order valence-electron chi connectivity index (χ4n) is 1.99. The molecule has 0 N–H and O–H groups in total. The zero-order chi connectivity index (χ0) is 15.2. The van der Waals surface area contributed by atoms with Crippen LogP contribution in [0.2, 0.25) is 0 Å². The van der Waals surface area contributed by atoms with Crippen molar-refractivity contribution >= 4 is 17.2 Å². The SMILES string of the molecule is CC(=O)N=c1sc(C)cn1-c1cccc2c1OC(F)(F)O2. The standard InChI is InChI=1S/C13H10F2N2O3S/c1-7-6-17(12(21-7)16-8(2)18)9-4-3-5-10-11(9)20-13(14,15)19-10/h3-6H,1-2H3. The first-order valence-electron chi connectivity index (χ1n) is 5.99. The third kappa shape index (κ3) is 2.54. The van der Waals surface area contributed by atoms with Gasteiger partial charge in [0.2, 0.25) is 5.91 Å². The van der Waals surface area contributed by atoms with Crippen LogP contribution in [0.5, 0.6) is 11.5 Å². The molecular formula is C13H10F2N2O3S. The molecule has 0 unspecified atom stereocenters. The number of aromatic nitrogens is 1. The maximum absolute atomic E-state index is 13.2. The van der Waals surface area contributed by atoms with Crippen LogP contribution in [0.4, 0.5) is 8.78 Å². The smallest absolute Gasteiger partial charge is 0.395 e. The third-order valence-corrected chi connectivity index (χ3v) is 3.59.